The molecule has 0 spiro atoms. The Morgan fingerprint density at radius 2 is 1.90 bits per heavy atom. The van der Waals surface area contributed by atoms with Crippen molar-refractivity contribution < 1.29 is 18.5 Å². The van der Waals surface area contributed by atoms with E-state index in [0.29, 0.717) is 22.7 Å². The van der Waals surface area contributed by atoms with Crippen LogP contribution >= 0.6 is 0 Å². The van der Waals surface area contributed by atoms with E-state index in [1.807, 2.05) is 24.3 Å². The maximum atomic E-state index is 14.0. The Bertz CT molecular complexity index is 1270. The van der Waals surface area contributed by atoms with Crippen LogP contribution in [-0.4, -0.2) is 15.8 Å². The Morgan fingerprint density at radius 3 is 2.60 bits per heavy atom. The van der Waals surface area contributed by atoms with E-state index in [1.54, 1.807) is 18.2 Å². The van der Waals surface area contributed by atoms with Crippen molar-refractivity contribution in [3.63, 3.8) is 0 Å². The molecule has 0 radical (unpaired) electrons. The van der Waals surface area contributed by atoms with Gasteiger partial charge in [-0.05, 0) is 48.4 Å². The predicted molar refractivity (Wildman–Crippen MR) is 110 cm³/mol. The number of hydrogen-bond acceptors (Lipinski definition) is 5. The van der Waals surface area contributed by atoms with Crippen LogP contribution in [0.1, 0.15) is 22.8 Å². The number of nitro groups is 1. The first-order valence-electron chi connectivity index (χ1n) is 9.20. The molecule has 7 nitrogen and oxygen atoms in total. The quantitative estimate of drug-likeness (QED) is 0.356. The lowest BCUT2D eigenvalue weighted by Crippen LogP contribution is -2.14. The number of non-ortho nitro benzene ring substituents is 1. The summed E-state index contributed by atoms with van der Waals surface area (Å²) in [6.45, 7) is 2.07. The zero-order valence-electron chi connectivity index (χ0n) is 15.9. The fourth-order valence-electron chi connectivity index (χ4n) is 3.01. The second kappa shape index (κ2) is 7.75. The minimum atomic E-state index is -0.849. The average molecular weight is 405 g/mol. The van der Waals surface area contributed by atoms with Crippen molar-refractivity contribution in [1.82, 2.24) is 4.98 Å². The van der Waals surface area contributed by atoms with Crippen LogP contribution in [-0.2, 0) is 6.42 Å². The number of aryl methyl sites for hydroxylation is 1. The lowest BCUT2D eigenvalue weighted by molar-refractivity contribution is -0.384. The van der Waals surface area contributed by atoms with Gasteiger partial charge < -0.3 is 9.73 Å². The van der Waals surface area contributed by atoms with Crippen molar-refractivity contribution in [2.24, 2.45) is 0 Å². The lowest BCUT2D eigenvalue weighted by atomic mass is 10.1. The minimum absolute atomic E-state index is 0.361. The van der Waals surface area contributed by atoms with Gasteiger partial charge in [-0.1, -0.05) is 19.1 Å². The summed E-state index contributed by atoms with van der Waals surface area (Å²) in [6, 6.07) is 15.5. The Kier molecular flexibility index (Phi) is 4.97. The van der Waals surface area contributed by atoms with Crippen molar-refractivity contribution in [1.29, 1.82) is 0 Å². The minimum Gasteiger partial charge on any atom is -0.436 e. The summed E-state index contributed by atoms with van der Waals surface area (Å²) >= 11 is 0. The smallest absolute Gasteiger partial charge is 0.270 e. The monoisotopic (exact) mass is 405 g/mol. The molecular weight excluding hydrogens is 389 g/mol. The molecule has 0 saturated heterocycles. The first kappa shape index (κ1) is 19.3. The van der Waals surface area contributed by atoms with Gasteiger partial charge in [0.2, 0.25) is 5.89 Å². The van der Waals surface area contributed by atoms with Gasteiger partial charge in [0.25, 0.3) is 11.6 Å². The fourth-order valence-corrected chi connectivity index (χ4v) is 3.01. The molecule has 1 amide bonds. The van der Waals surface area contributed by atoms with Gasteiger partial charge in [0.15, 0.2) is 5.58 Å². The topological polar surface area (TPSA) is 98.3 Å². The van der Waals surface area contributed by atoms with Gasteiger partial charge in [0.05, 0.1) is 10.5 Å². The molecule has 0 atom stereocenters. The number of aromatic nitrogens is 1. The van der Waals surface area contributed by atoms with Gasteiger partial charge in [0, 0.05) is 23.4 Å². The number of carbonyl (C=O) groups excluding carboxylic acids is 1. The van der Waals surface area contributed by atoms with Crippen LogP contribution in [0.2, 0.25) is 0 Å². The molecule has 3 aromatic carbocycles. The highest BCUT2D eigenvalue weighted by Gasteiger charge is 2.18. The van der Waals surface area contributed by atoms with Crippen LogP contribution in [0.5, 0.6) is 0 Å². The van der Waals surface area contributed by atoms with Crippen molar-refractivity contribution in [3.05, 3.63) is 87.7 Å². The molecule has 0 aliphatic heterocycles. The molecule has 150 valence electrons. The summed E-state index contributed by atoms with van der Waals surface area (Å²) in [5, 5.41) is 13.4. The maximum absolute atomic E-state index is 14.0. The molecule has 4 rings (SSSR count). The number of anilines is 1. The highest BCUT2D eigenvalue weighted by molar-refractivity contribution is 6.05. The summed E-state index contributed by atoms with van der Waals surface area (Å²) in [7, 11) is 0. The average Bonchev–Trinajstić information content (AvgIpc) is 3.17. The number of hydrogen-bond donors (Lipinski definition) is 1. The van der Waals surface area contributed by atoms with Gasteiger partial charge in [-0.2, -0.15) is 0 Å². The fraction of sp³-hybridized carbons (Fsp3) is 0.0909. The van der Waals surface area contributed by atoms with E-state index in [9.17, 15) is 19.3 Å². The number of oxazole rings is 1. The first-order chi connectivity index (χ1) is 14.4. The van der Waals surface area contributed by atoms with Crippen LogP contribution in [0, 0.1) is 15.9 Å². The molecule has 0 bridgehead atoms. The Morgan fingerprint density at radius 1 is 1.13 bits per heavy atom. The third-order valence-electron chi connectivity index (χ3n) is 4.66. The highest BCUT2D eigenvalue weighted by Crippen LogP contribution is 2.27. The molecule has 0 unspecified atom stereocenters. The number of nitrogens with one attached hydrogen (secondary N) is 1. The van der Waals surface area contributed by atoms with E-state index >= 15 is 0 Å². The van der Waals surface area contributed by atoms with E-state index in [4.69, 9.17) is 4.42 Å². The van der Waals surface area contributed by atoms with Gasteiger partial charge >= 0.3 is 0 Å². The number of nitrogens with zero attached hydrogens (tertiary/aromatic N) is 2. The highest BCUT2D eigenvalue weighted by atomic mass is 19.1. The van der Waals surface area contributed by atoms with Crippen LogP contribution in [0.25, 0.3) is 22.6 Å². The Labute approximate surface area is 170 Å². The Hall–Kier alpha value is -4.07. The van der Waals surface area contributed by atoms with Crippen molar-refractivity contribution in [2.75, 3.05) is 5.32 Å². The summed E-state index contributed by atoms with van der Waals surface area (Å²) in [6.07, 6.45) is 0.933. The summed E-state index contributed by atoms with van der Waals surface area (Å²) in [4.78, 5) is 27.1. The lowest BCUT2D eigenvalue weighted by Gasteiger charge is -2.06. The van der Waals surface area contributed by atoms with Gasteiger partial charge in [-0.25, -0.2) is 9.37 Å². The second-order valence-electron chi connectivity index (χ2n) is 6.63. The summed E-state index contributed by atoms with van der Waals surface area (Å²) < 4.78 is 19.7. The third-order valence-corrected chi connectivity index (χ3v) is 4.66. The van der Waals surface area contributed by atoms with Crippen LogP contribution < -0.4 is 5.32 Å². The first-order valence-corrected chi connectivity index (χ1v) is 9.20. The van der Waals surface area contributed by atoms with Crippen LogP contribution in [0.3, 0.4) is 0 Å². The van der Waals surface area contributed by atoms with Crippen LogP contribution in [0.4, 0.5) is 15.8 Å². The van der Waals surface area contributed by atoms with E-state index in [-0.39, 0.29) is 5.69 Å². The summed E-state index contributed by atoms with van der Waals surface area (Å²) in [5.41, 5.74) is 2.65. The van der Waals surface area contributed by atoms with E-state index in [2.05, 4.69) is 17.2 Å². The maximum Gasteiger partial charge on any atom is 0.270 e. The molecule has 1 N–H and O–H groups in total. The van der Waals surface area contributed by atoms with E-state index in [1.165, 1.54) is 5.56 Å². The molecule has 30 heavy (non-hydrogen) atoms. The number of nitro benzene ring substituents is 1. The van der Waals surface area contributed by atoms with Gasteiger partial charge in [0.1, 0.15) is 11.3 Å². The number of carbonyl (C=O) groups is 1. The molecular formula is C22H16FN3O4. The Balaban J connectivity index is 1.60. The summed E-state index contributed by atoms with van der Waals surface area (Å²) in [5.74, 6) is -1.20. The number of amides is 1. The molecule has 1 aromatic heterocycles. The molecule has 4 aromatic rings. The number of fused-ring (bicyclic) bond motifs is 1. The number of rotatable bonds is 5. The zero-order valence-corrected chi connectivity index (χ0v) is 15.9. The molecule has 0 aliphatic rings. The third kappa shape index (κ3) is 3.75. The molecule has 8 heteroatoms. The zero-order chi connectivity index (χ0) is 21.3. The van der Waals surface area contributed by atoms with Crippen LogP contribution in [0.15, 0.2) is 65.1 Å². The standard InChI is InChI=1S/C22H16FN3O4/c1-2-13-3-5-14(6-4-13)22-25-19-11-15(7-10-20(19)30-22)24-21(27)17-12-16(26(28)29)8-9-18(17)23/h3-12H,2H2,1H3,(H,24,27). The van der Waals surface area contributed by atoms with E-state index < -0.39 is 22.2 Å². The predicted octanol–water partition coefficient (Wildman–Crippen LogP) is 5.36. The normalized spacial score (nSPS) is 10.9. The number of benzene rings is 3. The molecule has 1 heterocycles. The largest absolute Gasteiger partial charge is 0.436 e. The van der Waals surface area contributed by atoms with E-state index in [0.717, 1.165) is 30.2 Å². The van der Waals surface area contributed by atoms with Crippen molar-refractivity contribution >= 4 is 28.4 Å². The van der Waals surface area contributed by atoms with Crippen molar-refractivity contribution in [3.8, 4) is 11.5 Å². The molecule has 0 fully saturated rings. The van der Waals surface area contributed by atoms with Crippen molar-refractivity contribution in [2.45, 2.75) is 13.3 Å². The molecule has 0 saturated carbocycles. The number of halogens is 1. The second-order valence-corrected chi connectivity index (χ2v) is 6.63. The SMILES string of the molecule is CCc1ccc(-c2nc3cc(NC(=O)c4cc([N+](=O)[O-])ccc4F)ccc3o2)cc1. The van der Waals surface area contributed by atoms with Gasteiger partial charge in [-0.15, -0.1) is 0 Å². The van der Waals surface area contributed by atoms with Gasteiger partial charge in [-0.3, -0.25) is 14.9 Å². The molecule has 0 aliphatic carbocycles.